The second-order valence-electron chi connectivity index (χ2n) is 3.28. The van der Waals surface area contributed by atoms with Crippen molar-refractivity contribution in [1.29, 1.82) is 0 Å². The number of thioether (sulfide) groups is 1. The lowest BCUT2D eigenvalue weighted by Crippen LogP contribution is -2.07. The first kappa shape index (κ1) is 14.0. The van der Waals surface area contributed by atoms with Gasteiger partial charge in [-0.25, -0.2) is 0 Å². The molecule has 1 heterocycles. The maximum absolute atomic E-state index is 8.71. The van der Waals surface area contributed by atoms with E-state index in [1.54, 1.807) is 0 Å². The van der Waals surface area contributed by atoms with Crippen LogP contribution in [-0.2, 0) is 0 Å². The predicted molar refractivity (Wildman–Crippen MR) is 67.6 cm³/mol. The minimum atomic E-state index is 0.177. The third kappa shape index (κ3) is 5.18. The number of anilines is 1. The molecule has 0 unspecified atom stereocenters. The Labute approximate surface area is 105 Å². The van der Waals surface area contributed by atoms with Crippen LogP contribution in [0.25, 0.3) is 0 Å². The third-order valence-corrected chi connectivity index (χ3v) is 2.78. The van der Waals surface area contributed by atoms with Gasteiger partial charge in [-0.2, -0.15) is 15.0 Å². The summed E-state index contributed by atoms with van der Waals surface area (Å²) in [6.07, 6.45) is 1.72. The number of rotatable bonds is 8. The zero-order chi connectivity index (χ0) is 12.5. The highest BCUT2D eigenvalue weighted by molar-refractivity contribution is 7.99. The largest absolute Gasteiger partial charge is 0.467 e. The average Bonchev–Trinajstić information content (AvgIpc) is 2.36. The van der Waals surface area contributed by atoms with Gasteiger partial charge in [0.25, 0.3) is 0 Å². The Hall–Kier alpha value is -1.08. The Morgan fingerprint density at radius 3 is 2.82 bits per heavy atom. The average molecular weight is 258 g/mol. The van der Waals surface area contributed by atoms with Crippen molar-refractivity contribution in [2.75, 3.05) is 31.3 Å². The molecule has 0 aliphatic heterocycles. The summed E-state index contributed by atoms with van der Waals surface area (Å²) in [5, 5.41) is 12.4. The molecule has 0 amide bonds. The van der Waals surface area contributed by atoms with Crippen LogP contribution < -0.4 is 10.1 Å². The molecule has 0 aromatic carbocycles. The molecule has 0 bridgehead atoms. The summed E-state index contributed by atoms with van der Waals surface area (Å²) < 4.78 is 5.02. The maximum atomic E-state index is 8.71. The van der Waals surface area contributed by atoms with E-state index in [0.717, 1.165) is 25.1 Å². The summed E-state index contributed by atoms with van der Waals surface area (Å²) in [5.41, 5.74) is 0. The summed E-state index contributed by atoms with van der Waals surface area (Å²) in [5.74, 6) is 1.31. The predicted octanol–water partition coefficient (Wildman–Crippen LogP) is 1.18. The van der Waals surface area contributed by atoms with Crippen molar-refractivity contribution in [2.45, 2.75) is 24.9 Å². The van der Waals surface area contributed by atoms with E-state index in [2.05, 4.69) is 27.2 Å². The van der Waals surface area contributed by atoms with E-state index in [4.69, 9.17) is 9.84 Å². The third-order valence-electron chi connectivity index (χ3n) is 1.84. The molecule has 96 valence electrons. The monoisotopic (exact) mass is 258 g/mol. The lowest BCUT2D eigenvalue weighted by atomic mass is 10.5. The molecule has 0 aliphatic carbocycles. The Bertz CT molecular complexity index is 338. The molecular weight excluding hydrogens is 240 g/mol. The molecule has 0 fully saturated rings. The highest BCUT2D eigenvalue weighted by atomic mass is 32.2. The number of hydrogen-bond acceptors (Lipinski definition) is 7. The Morgan fingerprint density at radius 1 is 1.35 bits per heavy atom. The molecule has 2 N–H and O–H groups in total. The first-order valence-corrected chi connectivity index (χ1v) is 6.56. The number of nitrogens with one attached hydrogen (secondary N) is 1. The molecule has 0 atom stereocenters. The number of hydrogen-bond donors (Lipinski definition) is 2. The van der Waals surface area contributed by atoms with E-state index in [1.165, 1.54) is 18.9 Å². The van der Waals surface area contributed by atoms with Crippen LogP contribution in [-0.4, -0.2) is 46.1 Å². The van der Waals surface area contributed by atoms with Crippen LogP contribution in [0, 0.1) is 0 Å². The molecular formula is C10H18N4O2S. The standard InChI is InChI=1S/C10H18N4O2S/c1-3-5-11-8-12-9(16-2)14-10(13-8)17-7-4-6-15/h15H,3-7H2,1-2H3,(H,11,12,13,14). The first-order valence-electron chi connectivity index (χ1n) is 5.57. The van der Waals surface area contributed by atoms with Crippen molar-refractivity contribution in [2.24, 2.45) is 0 Å². The summed E-state index contributed by atoms with van der Waals surface area (Å²) in [4.78, 5) is 12.5. The van der Waals surface area contributed by atoms with E-state index in [0.29, 0.717) is 17.1 Å². The van der Waals surface area contributed by atoms with Gasteiger partial charge >= 0.3 is 6.01 Å². The second kappa shape index (κ2) is 8.08. The van der Waals surface area contributed by atoms with Gasteiger partial charge in [-0.1, -0.05) is 18.7 Å². The molecule has 1 aromatic heterocycles. The van der Waals surface area contributed by atoms with E-state index < -0.39 is 0 Å². The number of ether oxygens (including phenoxy) is 1. The second-order valence-corrected chi connectivity index (χ2v) is 4.34. The Morgan fingerprint density at radius 2 is 2.18 bits per heavy atom. The van der Waals surface area contributed by atoms with Crippen LogP contribution in [0.2, 0.25) is 0 Å². The number of aliphatic hydroxyl groups is 1. The zero-order valence-corrected chi connectivity index (χ0v) is 11.0. The SMILES string of the molecule is CCCNc1nc(OC)nc(SCCCO)n1. The van der Waals surface area contributed by atoms with E-state index >= 15 is 0 Å². The highest BCUT2D eigenvalue weighted by Crippen LogP contribution is 2.17. The smallest absolute Gasteiger partial charge is 0.321 e. The molecule has 0 spiro atoms. The molecule has 7 heteroatoms. The molecule has 1 rings (SSSR count). The molecule has 17 heavy (non-hydrogen) atoms. The van der Waals surface area contributed by atoms with Gasteiger partial charge in [-0.05, 0) is 12.8 Å². The molecule has 0 radical (unpaired) electrons. The van der Waals surface area contributed by atoms with Gasteiger partial charge in [0.05, 0.1) is 7.11 Å². The van der Waals surface area contributed by atoms with Crippen LogP contribution in [0.5, 0.6) is 6.01 Å². The van der Waals surface area contributed by atoms with E-state index in [9.17, 15) is 0 Å². The van der Waals surface area contributed by atoms with Crippen LogP contribution in [0.1, 0.15) is 19.8 Å². The lowest BCUT2D eigenvalue weighted by molar-refractivity contribution is 0.296. The summed E-state index contributed by atoms with van der Waals surface area (Å²) >= 11 is 1.48. The van der Waals surface area contributed by atoms with Gasteiger partial charge in [-0.3, -0.25) is 0 Å². The molecule has 0 saturated carbocycles. The fourth-order valence-corrected chi connectivity index (χ4v) is 1.79. The highest BCUT2D eigenvalue weighted by Gasteiger charge is 2.06. The Balaban J connectivity index is 2.67. The van der Waals surface area contributed by atoms with Crippen LogP contribution in [0.4, 0.5) is 5.95 Å². The van der Waals surface area contributed by atoms with Gasteiger partial charge in [0, 0.05) is 18.9 Å². The molecule has 0 aliphatic rings. The van der Waals surface area contributed by atoms with Gasteiger partial charge in [0.1, 0.15) is 0 Å². The number of methoxy groups -OCH3 is 1. The van der Waals surface area contributed by atoms with Gasteiger partial charge < -0.3 is 15.2 Å². The number of aromatic nitrogens is 3. The van der Waals surface area contributed by atoms with Crippen molar-refractivity contribution in [3.05, 3.63) is 0 Å². The van der Waals surface area contributed by atoms with Crippen molar-refractivity contribution >= 4 is 17.7 Å². The fourth-order valence-electron chi connectivity index (χ4n) is 1.04. The topological polar surface area (TPSA) is 80.2 Å². The molecule has 6 nitrogen and oxygen atoms in total. The van der Waals surface area contributed by atoms with Crippen LogP contribution in [0.3, 0.4) is 0 Å². The minimum absolute atomic E-state index is 0.177. The van der Waals surface area contributed by atoms with Crippen LogP contribution in [0.15, 0.2) is 5.16 Å². The summed E-state index contributed by atoms with van der Waals surface area (Å²) in [6, 6.07) is 0.310. The summed E-state index contributed by atoms with van der Waals surface area (Å²) in [7, 11) is 1.53. The van der Waals surface area contributed by atoms with Gasteiger partial charge in [-0.15, -0.1) is 0 Å². The van der Waals surface area contributed by atoms with Crippen molar-refractivity contribution in [1.82, 2.24) is 15.0 Å². The fraction of sp³-hybridized carbons (Fsp3) is 0.700. The molecule has 0 saturated heterocycles. The van der Waals surface area contributed by atoms with E-state index in [-0.39, 0.29) is 6.61 Å². The normalized spacial score (nSPS) is 10.3. The Kier molecular flexibility index (Phi) is 6.64. The minimum Gasteiger partial charge on any atom is -0.467 e. The number of aliphatic hydroxyl groups excluding tert-OH is 1. The van der Waals surface area contributed by atoms with Crippen molar-refractivity contribution in [3.63, 3.8) is 0 Å². The zero-order valence-electron chi connectivity index (χ0n) is 10.1. The van der Waals surface area contributed by atoms with Crippen LogP contribution >= 0.6 is 11.8 Å². The quantitative estimate of drug-likeness (QED) is 0.535. The maximum Gasteiger partial charge on any atom is 0.321 e. The lowest BCUT2D eigenvalue weighted by Gasteiger charge is -2.06. The number of nitrogens with zero attached hydrogens (tertiary/aromatic N) is 3. The molecule has 1 aromatic rings. The van der Waals surface area contributed by atoms with Gasteiger partial charge in [0.2, 0.25) is 5.95 Å². The van der Waals surface area contributed by atoms with E-state index in [1.807, 2.05) is 0 Å². The van der Waals surface area contributed by atoms with Crippen molar-refractivity contribution in [3.8, 4) is 6.01 Å². The van der Waals surface area contributed by atoms with Gasteiger partial charge in [0.15, 0.2) is 5.16 Å². The van der Waals surface area contributed by atoms with Crippen molar-refractivity contribution < 1.29 is 9.84 Å². The summed E-state index contributed by atoms with van der Waals surface area (Å²) in [6.45, 7) is 3.06. The first-order chi connectivity index (χ1) is 8.30.